The van der Waals surface area contributed by atoms with Crippen LogP contribution in [0.3, 0.4) is 0 Å². The van der Waals surface area contributed by atoms with Crippen molar-refractivity contribution >= 4 is 12.1 Å². The van der Waals surface area contributed by atoms with E-state index in [1.54, 1.807) is 52.0 Å². The van der Waals surface area contributed by atoms with E-state index >= 15 is 0 Å². The summed E-state index contributed by atoms with van der Waals surface area (Å²) < 4.78 is 15.4. The molecule has 0 aromatic heterocycles. The molecule has 1 atom stereocenters. The topological polar surface area (TPSA) is 73.9 Å². The van der Waals surface area contributed by atoms with E-state index in [1.807, 2.05) is 0 Å². The summed E-state index contributed by atoms with van der Waals surface area (Å²) in [5.41, 5.74) is 0.897. The van der Waals surface area contributed by atoms with E-state index in [1.165, 1.54) is 0 Å². The van der Waals surface area contributed by atoms with Gasteiger partial charge in [-0.2, -0.15) is 0 Å². The van der Waals surface area contributed by atoms with Gasteiger partial charge in [-0.15, -0.1) is 6.42 Å². The fourth-order valence-electron chi connectivity index (χ4n) is 1.95. The van der Waals surface area contributed by atoms with Crippen LogP contribution < -0.4 is 5.32 Å². The first kappa shape index (κ1) is 20.5. The molecule has 0 spiro atoms. The van der Waals surface area contributed by atoms with Crippen molar-refractivity contribution in [1.82, 2.24) is 5.32 Å². The van der Waals surface area contributed by atoms with Gasteiger partial charge in [0.25, 0.3) is 0 Å². The molecule has 0 saturated carbocycles. The van der Waals surface area contributed by atoms with Crippen molar-refractivity contribution in [2.75, 3.05) is 19.8 Å². The molecule has 6 heteroatoms. The maximum atomic E-state index is 12.1. The summed E-state index contributed by atoms with van der Waals surface area (Å²) in [6, 6.07) is 6.64. The first-order valence-corrected chi connectivity index (χ1v) is 8.04. The van der Waals surface area contributed by atoms with Crippen LogP contribution in [0, 0.1) is 12.3 Å². The van der Waals surface area contributed by atoms with Gasteiger partial charge >= 0.3 is 12.1 Å². The van der Waals surface area contributed by atoms with E-state index in [-0.39, 0.29) is 19.8 Å². The van der Waals surface area contributed by atoms with Crippen LogP contribution in [0.4, 0.5) is 4.79 Å². The second kappa shape index (κ2) is 9.70. The zero-order valence-electron chi connectivity index (χ0n) is 15.1. The molecule has 25 heavy (non-hydrogen) atoms. The Kier molecular flexibility index (Phi) is 7.96. The number of alkyl carbamates (subject to hydrolysis) is 1. The highest BCUT2D eigenvalue weighted by molar-refractivity contribution is 5.70. The maximum absolute atomic E-state index is 12.1. The molecule has 0 bridgehead atoms. The quantitative estimate of drug-likeness (QED) is 0.606. The van der Waals surface area contributed by atoms with Crippen LogP contribution in [0.15, 0.2) is 24.3 Å². The van der Waals surface area contributed by atoms with E-state index < -0.39 is 23.7 Å². The summed E-state index contributed by atoms with van der Waals surface area (Å²) >= 11 is 0. The van der Waals surface area contributed by atoms with Crippen LogP contribution >= 0.6 is 0 Å². The van der Waals surface area contributed by atoms with Gasteiger partial charge in [-0.1, -0.05) is 18.1 Å². The number of hydrogen-bond donors (Lipinski definition) is 1. The molecule has 1 amide bonds. The third-order valence-electron chi connectivity index (χ3n) is 2.98. The Balaban J connectivity index is 2.77. The summed E-state index contributed by atoms with van der Waals surface area (Å²) in [5.74, 6) is 2.08. The van der Waals surface area contributed by atoms with Crippen molar-refractivity contribution in [3.05, 3.63) is 35.4 Å². The molecule has 0 saturated heterocycles. The van der Waals surface area contributed by atoms with E-state index in [0.717, 1.165) is 11.1 Å². The van der Waals surface area contributed by atoms with Crippen LogP contribution in [-0.2, 0) is 19.0 Å². The standard InChI is InChI=1S/C19H25NO5/c1-6-14-8-10-15(11-9-14)16(12-23-13-17(21)24-7-2)20-18(22)25-19(3,4)5/h1,8-11,16H,7,12-13H2,2-5H3,(H,20,22). The lowest BCUT2D eigenvalue weighted by Crippen LogP contribution is -2.37. The minimum Gasteiger partial charge on any atom is -0.464 e. The van der Waals surface area contributed by atoms with Crippen LogP contribution in [0.5, 0.6) is 0 Å². The molecule has 136 valence electrons. The van der Waals surface area contributed by atoms with Crippen molar-refractivity contribution in [3.63, 3.8) is 0 Å². The van der Waals surface area contributed by atoms with Gasteiger partial charge in [-0.25, -0.2) is 9.59 Å². The number of amides is 1. The second-order valence-corrected chi connectivity index (χ2v) is 6.29. The number of hydrogen-bond acceptors (Lipinski definition) is 5. The number of esters is 1. The lowest BCUT2D eigenvalue weighted by atomic mass is 10.1. The van der Waals surface area contributed by atoms with E-state index in [4.69, 9.17) is 20.6 Å². The van der Waals surface area contributed by atoms with E-state index in [2.05, 4.69) is 11.2 Å². The Morgan fingerprint density at radius 2 is 1.88 bits per heavy atom. The average molecular weight is 347 g/mol. The van der Waals surface area contributed by atoms with Crippen LogP contribution in [-0.4, -0.2) is 37.5 Å². The molecule has 0 fully saturated rings. The molecule has 0 heterocycles. The molecule has 0 radical (unpaired) electrons. The number of carbonyl (C=O) groups is 2. The third kappa shape index (κ3) is 8.23. The lowest BCUT2D eigenvalue weighted by molar-refractivity contribution is -0.148. The number of rotatable bonds is 7. The number of carbonyl (C=O) groups excluding carboxylic acids is 2. The SMILES string of the molecule is C#Cc1ccc(C(COCC(=O)OCC)NC(=O)OC(C)(C)C)cc1. The highest BCUT2D eigenvalue weighted by Crippen LogP contribution is 2.16. The van der Waals surface area contributed by atoms with Gasteiger partial charge in [-0.3, -0.25) is 0 Å². The summed E-state index contributed by atoms with van der Waals surface area (Å²) in [5, 5.41) is 2.74. The minimum atomic E-state index is -0.617. The van der Waals surface area contributed by atoms with Gasteiger partial charge in [-0.05, 0) is 45.4 Å². The monoisotopic (exact) mass is 347 g/mol. The molecular formula is C19H25NO5. The van der Waals surface area contributed by atoms with Crippen molar-refractivity contribution in [2.45, 2.75) is 39.3 Å². The van der Waals surface area contributed by atoms with Crippen LogP contribution in [0.25, 0.3) is 0 Å². The fraction of sp³-hybridized carbons (Fsp3) is 0.474. The van der Waals surface area contributed by atoms with Crippen LogP contribution in [0.1, 0.15) is 44.9 Å². The van der Waals surface area contributed by atoms with Gasteiger partial charge in [0.2, 0.25) is 0 Å². The molecule has 1 N–H and O–H groups in total. The summed E-state index contributed by atoms with van der Waals surface area (Å²) in [6.07, 6.45) is 4.78. The van der Waals surface area contributed by atoms with Gasteiger partial charge in [0.15, 0.2) is 0 Å². The maximum Gasteiger partial charge on any atom is 0.408 e. The zero-order valence-corrected chi connectivity index (χ0v) is 15.1. The van der Waals surface area contributed by atoms with Crippen molar-refractivity contribution in [2.24, 2.45) is 0 Å². The van der Waals surface area contributed by atoms with Gasteiger partial charge in [0.1, 0.15) is 12.2 Å². The van der Waals surface area contributed by atoms with Gasteiger partial charge < -0.3 is 19.5 Å². The largest absolute Gasteiger partial charge is 0.464 e. The average Bonchev–Trinajstić information content (AvgIpc) is 2.52. The molecule has 0 aliphatic rings. The van der Waals surface area contributed by atoms with E-state index in [9.17, 15) is 9.59 Å². The molecule has 6 nitrogen and oxygen atoms in total. The Morgan fingerprint density at radius 3 is 2.40 bits per heavy atom. The molecular weight excluding hydrogens is 322 g/mol. The third-order valence-corrected chi connectivity index (χ3v) is 2.98. The summed E-state index contributed by atoms with van der Waals surface area (Å²) in [4.78, 5) is 23.4. The zero-order chi connectivity index (χ0) is 18.9. The summed E-state index contributed by atoms with van der Waals surface area (Å²) in [6.45, 7) is 7.24. The predicted molar refractivity (Wildman–Crippen MR) is 93.9 cm³/mol. The van der Waals surface area contributed by atoms with Crippen molar-refractivity contribution in [3.8, 4) is 12.3 Å². The number of terminal acetylenes is 1. The smallest absolute Gasteiger partial charge is 0.408 e. The van der Waals surface area contributed by atoms with Gasteiger partial charge in [0.05, 0.1) is 19.3 Å². The molecule has 1 aromatic rings. The molecule has 0 aliphatic carbocycles. The predicted octanol–water partition coefficient (Wildman–Crippen LogP) is 2.81. The normalized spacial score (nSPS) is 12.0. The first-order chi connectivity index (χ1) is 11.7. The Labute approximate surface area is 148 Å². The van der Waals surface area contributed by atoms with Crippen LogP contribution in [0.2, 0.25) is 0 Å². The number of benzene rings is 1. The molecule has 0 aliphatic heterocycles. The second-order valence-electron chi connectivity index (χ2n) is 6.29. The minimum absolute atomic E-state index is 0.0907. The molecule has 1 rings (SSSR count). The number of nitrogens with one attached hydrogen (secondary N) is 1. The Hall–Kier alpha value is -2.52. The first-order valence-electron chi connectivity index (χ1n) is 8.04. The van der Waals surface area contributed by atoms with E-state index in [0.29, 0.717) is 0 Å². The summed E-state index contributed by atoms with van der Waals surface area (Å²) in [7, 11) is 0. The fourth-order valence-corrected chi connectivity index (χ4v) is 1.95. The molecule has 1 unspecified atom stereocenters. The highest BCUT2D eigenvalue weighted by atomic mass is 16.6. The number of ether oxygens (including phenoxy) is 3. The van der Waals surface area contributed by atoms with Crippen molar-refractivity contribution < 1.29 is 23.8 Å². The Morgan fingerprint density at radius 1 is 1.24 bits per heavy atom. The highest BCUT2D eigenvalue weighted by Gasteiger charge is 2.21. The van der Waals surface area contributed by atoms with Crippen molar-refractivity contribution in [1.29, 1.82) is 0 Å². The lowest BCUT2D eigenvalue weighted by Gasteiger charge is -2.24. The molecule has 1 aromatic carbocycles. The van der Waals surface area contributed by atoms with Gasteiger partial charge in [0, 0.05) is 5.56 Å². The Bertz CT molecular complexity index is 610.